The molecule has 0 unspecified atom stereocenters. The van der Waals surface area contributed by atoms with E-state index in [0.717, 1.165) is 22.6 Å². The number of ether oxygens (including phenoxy) is 1. The molecule has 5 nitrogen and oxygen atoms in total. The molecule has 1 amide bonds. The van der Waals surface area contributed by atoms with Gasteiger partial charge in [-0.1, -0.05) is 12.1 Å². The van der Waals surface area contributed by atoms with Crippen LogP contribution in [0.1, 0.15) is 0 Å². The van der Waals surface area contributed by atoms with Crippen LogP contribution < -0.4 is 15.4 Å². The van der Waals surface area contributed by atoms with E-state index in [0.29, 0.717) is 11.4 Å². The van der Waals surface area contributed by atoms with Crippen LogP contribution in [-0.2, 0) is 4.79 Å². The molecular weight excluding hydrogens is 321 g/mol. The molecular formula is C19H15FN3O2+. The second kappa shape index (κ2) is 6.33. The summed E-state index contributed by atoms with van der Waals surface area (Å²) in [4.78, 5) is 15.8. The van der Waals surface area contributed by atoms with Crippen molar-refractivity contribution in [1.29, 1.82) is 0 Å². The summed E-state index contributed by atoms with van der Waals surface area (Å²) in [5, 5.41) is 4.62. The summed E-state index contributed by atoms with van der Waals surface area (Å²) in [6.45, 7) is 0.0361. The van der Waals surface area contributed by atoms with E-state index in [2.05, 4.69) is 10.3 Å². The van der Waals surface area contributed by atoms with Crippen LogP contribution in [0.15, 0.2) is 60.8 Å². The Hall–Kier alpha value is -3.25. The van der Waals surface area contributed by atoms with Crippen LogP contribution in [0.5, 0.6) is 5.75 Å². The first-order chi connectivity index (χ1) is 12.2. The third kappa shape index (κ3) is 3.34. The number of halogens is 1. The Bertz CT molecular complexity index is 959. The van der Waals surface area contributed by atoms with Gasteiger partial charge in [0.15, 0.2) is 6.61 Å². The minimum atomic E-state index is -0.282. The van der Waals surface area contributed by atoms with Crippen molar-refractivity contribution in [2.75, 3.05) is 11.9 Å². The summed E-state index contributed by atoms with van der Waals surface area (Å²) in [5.41, 5.74) is 3.28. The fraction of sp³-hybridized carbons (Fsp3) is 0.0526. The van der Waals surface area contributed by atoms with Crippen molar-refractivity contribution in [3.05, 3.63) is 66.6 Å². The molecule has 3 aromatic rings. The molecule has 4 rings (SSSR count). The molecule has 0 bridgehead atoms. The standard InChI is InChI=1S/C19H14FN3O2/c20-14-2-1-3-15(10-14)22-18-9-13(6-7-21-18)12-4-5-17-16(8-12)23-19(24)11-25-17/h1-10H,11H2,(H,21,22)(H,23,24)/p+1. The Morgan fingerprint density at radius 2 is 1.96 bits per heavy atom. The largest absolute Gasteiger partial charge is 0.482 e. The number of hydrogen-bond acceptors (Lipinski definition) is 3. The molecule has 0 radical (unpaired) electrons. The smallest absolute Gasteiger partial charge is 0.262 e. The molecule has 0 atom stereocenters. The first kappa shape index (κ1) is 15.3. The number of nitrogens with one attached hydrogen (secondary N) is 1. The number of quaternary nitrogens is 1. The van der Waals surface area contributed by atoms with E-state index in [1.54, 1.807) is 12.3 Å². The van der Waals surface area contributed by atoms with Gasteiger partial charge < -0.3 is 10.1 Å². The van der Waals surface area contributed by atoms with Crippen LogP contribution in [0, 0.1) is 5.82 Å². The van der Waals surface area contributed by atoms with Crippen molar-refractivity contribution in [1.82, 2.24) is 4.98 Å². The molecule has 0 spiro atoms. The predicted octanol–water partition coefficient (Wildman–Crippen LogP) is 2.75. The van der Waals surface area contributed by atoms with Crippen molar-refractivity contribution < 1.29 is 19.2 Å². The molecule has 124 valence electrons. The van der Waals surface area contributed by atoms with Crippen LogP contribution in [0.2, 0.25) is 0 Å². The van der Waals surface area contributed by atoms with Crippen molar-refractivity contribution >= 4 is 23.1 Å². The molecule has 1 aliphatic heterocycles. The van der Waals surface area contributed by atoms with Gasteiger partial charge in [-0.15, -0.1) is 0 Å². The average molecular weight is 336 g/mol. The van der Waals surface area contributed by atoms with Gasteiger partial charge >= 0.3 is 0 Å². The van der Waals surface area contributed by atoms with Gasteiger partial charge in [0.25, 0.3) is 5.91 Å². The Morgan fingerprint density at radius 3 is 2.84 bits per heavy atom. The Kier molecular flexibility index (Phi) is 3.87. The van der Waals surface area contributed by atoms with Crippen LogP contribution in [0.25, 0.3) is 11.1 Å². The van der Waals surface area contributed by atoms with Crippen molar-refractivity contribution in [3.8, 4) is 16.9 Å². The first-order valence-electron chi connectivity index (χ1n) is 7.81. The number of anilines is 1. The van der Waals surface area contributed by atoms with Gasteiger partial charge in [0.2, 0.25) is 5.82 Å². The average Bonchev–Trinajstić information content (AvgIpc) is 2.61. The molecule has 1 aromatic heterocycles. The maximum atomic E-state index is 13.3. The third-order valence-corrected chi connectivity index (χ3v) is 3.89. The quantitative estimate of drug-likeness (QED) is 0.723. The number of carbonyl (C=O) groups is 1. The molecule has 0 aliphatic carbocycles. The lowest BCUT2D eigenvalue weighted by Crippen LogP contribution is -2.71. The highest BCUT2D eigenvalue weighted by Crippen LogP contribution is 2.32. The fourth-order valence-electron chi connectivity index (χ4n) is 2.74. The van der Waals surface area contributed by atoms with E-state index in [-0.39, 0.29) is 18.3 Å². The van der Waals surface area contributed by atoms with Gasteiger partial charge in [-0.25, -0.2) is 9.37 Å². The highest BCUT2D eigenvalue weighted by Gasteiger charge is 2.16. The minimum absolute atomic E-state index is 0.0361. The van der Waals surface area contributed by atoms with Gasteiger partial charge in [0, 0.05) is 18.3 Å². The first-order valence-corrected chi connectivity index (χ1v) is 7.81. The highest BCUT2D eigenvalue weighted by atomic mass is 19.1. The fourth-order valence-corrected chi connectivity index (χ4v) is 2.74. The monoisotopic (exact) mass is 336 g/mol. The molecule has 3 N–H and O–H groups in total. The van der Waals surface area contributed by atoms with Gasteiger partial charge in [-0.2, -0.15) is 0 Å². The Morgan fingerprint density at radius 1 is 1.08 bits per heavy atom. The lowest BCUT2D eigenvalue weighted by molar-refractivity contribution is -0.483. The molecule has 0 saturated carbocycles. The number of amides is 1. The Balaban J connectivity index is 1.63. The topological polar surface area (TPSA) is 67.8 Å². The van der Waals surface area contributed by atoms with Crippen molar-refractivity contribution in [2.45, 2.75) is 0 Å². The van der Waals surface area contributed by atoms with Crippen molar-refractivity contribution in [3.63, 3.8) is 0 Å². The summed E-state index contributed by atoms with van der Waals surface area (Å²) in [5.74, 6) is 0.930. The number of carbonyl (C=O) groups excluding carboxylic acids is 1. The molecule has 2 heterocycles. The zero-order valence-corrected chi connectivity index (χ0v) is 13.2. The number of hydrogen-bond donors (Lipinski definition) is 2. The second-order valence-corrected chi connectivity index (χ2v) is 5.72. The second-order valence-electron chi connectivity index (χ2n) is 5.72. The minimum Gasteiger partial charge on any atom is -0.482 e. The van der Waals surface area contributed by atoms with Crippen LogP contribution >= 0.6 is 0 Å². The molecule has 0 saturated heterocycles. The number of pyridine rings is 1. The van der Waals surface area contributed by atoms with Crippen LogP contribution in [0.4, 0.5) is 21.6 Å². The number of nitrogens with zero attached hydrogens (tertiary/aromatic N) is 1. The predicted molar refractivity (Wildman–Crippen MR) is 91.4 cm³/mol. The van der Waals surface area contributed by atoms with Crippen LogP contribution in [-0.4, -0.2) is 17.5 Å². The summed E-state index contributed by atoms with van der Waals surface area (Å²) in [6, 6.07) is 15.8. The number of fused-ring (bicyclic) bond motifs is 1. The van der Waals surface area contributed by atoms with Gasteiger partial charge in [0.1, 0.15) is 17.3 Å². The van der Waals surface area contributed by atoms with Gasteiger partial charge in [-0.3, -0.25) is 10.1 Å². The van der Waals surface area contributed by atoms with Gasteiger partial charge in [0.05, 0.1) is 5.69 Å². The number of rotatable bonds is 3. The van der Waals surface area contributed by atoms with Crippen LogP contribution in [0.3, 0.4) is 0 Å². The molecule has 25 heavy (non-hydrogen) atoms. The van der Waals surface area contributed by atoms with E-state index in [4.69, 9.17) is 4.74 Å². The zero-order chi connectivity index (χ0) is 17.2. The zero-order valence-electron chi connectivity index (χ0n) is 13.2. The number of benzene rings is 2. The number of nitrogens with two attached hydrogens (primary N) is 1. The summed E-state index contributed by atoms with van der Waals surface area (Å²) in [7, 11) is 0. The summed E-state index contributed by atoms with van der Waals surface area (Å²) < 4.78 is 18.7. The maximum Gasteiger partial charge on any atom is 0.262 e. The molecule has 1 aliphatic rings. The van der Waals surface area contributed by atoms with E-state index < -0.39 is 0 Å². The summed E-state index contributed by atoms with van der Waals surface area (Å²) >= 11 is 0. The van der Waals surface area contributed by atoms with E-state index in [1.165, 1.54) is 12.1 Å². The molecule has 6 heteroatoms. The van der Waals surface area contributed by atoms with Gasteiger partial charge in [-0.05, 0) is 41.5 Å². The third-order valence-electron chi connectivity index (χ3n) is 3.89. The van der Waals surface area contributed by atoms with E-state index in [9.17, 15) is 9.18 Å². The lowest BCUT2D eigenvalue weighted by atomic mass is 10.1. The number of aromatic nitrogens is 1. The molecule has 2 aromatic carbocycles. The maximum absolute atomic E-state index is 13.3. The highest BCUT2D eigenvalue weighted by molar-refractivity contribution is 5.96. The normalized spacial score (nSPS) is 12.9. The molecule has 0 fully saturated rings. The van der Waals surface area contributed by atoms with Crippen molar-refractivity contribution in [2.24, 2.45) is 0 Å². The Labute approximate surface area is 143 Å². The summed E-state index contributed by atoms with van der Waals surface area (Å²) in [6.07, 6.45) is 1.70. The van der Waals surface area contributed by atoms with E-state index in [1.807, 2.05) is 41.7 Å². The van der Waals surface area contributed by atoms with E-state index >= 15 is 0 Å². The SMILES string of the molecule is O=C1COc2ccc(-c3ccnc([NH2+]c4cccc(F)c4)c3)cc2N1. The lowest BCUT2D eigenvalue weighted by Gasteiger charge is -2.18.